The van der Waals surface area contributed by atoms with E-state index in [2.05, 4.69) is 0 Å². The molecule has 8 heteroatoms. The predicted octanol–water partition coefficient (Wildman–Crippen LogP) is 2.10. The van der Waals surface area contributed by atoms with Crippen LogP contribution in [0.15, 0.2) is 18.2 Å². The Morgan fingerprint density at radius 1 is 1.42 bits per heavy atom. The van der Waals surface area contributed by atoms with Crippen molar-refractivity contribution < 1.29 is 19.2 Å². The highest BCUT2D eigenvalue weighted by Crippen LogP contribution is 2.30. The average molecular weight is 324 g/mol. The Kier molecular flexibility index (Phi) is 4.35. The zero-order chi connectivity index (χ0) is 14.2. The van der Waals surface area contributed by atoms with Crippen molar-refractivity contribution in [2.45, 2.75) is 12.1 Å². The van der Waals surface area contributed by atoms with Gasteiger partial charge in [0, 0.05) is 16.6 Å². The first-order valence-electron chi connectivity index (χ1n) is 5.37. The summed E-state index contributed by atoms with van der Waals surface area (Å²) in [7, 11) is -1.28. The molecule has 1 aliphatic heterocycles. The third kappa shape index (κ3) is 3.02. The second-order valence-electron chi connectivity index (χ2n) is 4.17. The molecule has 104 valence electrons. The molecule has 1 heterocycles. The highest BCUT2D eigenvalue weighted by Gasteiger charge is 2.38. The lowest BCUT2D eigenvalue weighted by Crippen LogP contribution is -2.39. The molecule has 1 unspecified atom stereocenters. The molecule has 1 fully saturated rings. The van der Waals surface area contributed by atoms with Crippen LogP contribution < -0.4 is 0 Å². The Bertz CT molecular complexity index is 539. The average Bonchev–Trinajstić information content (AvgIpc) is 2.74. The lowest BCUT2D eigenvalue weighted by atomic mass is 10.0. The predicted molar refractivity (Wildman–Crippen MR) is 73.0 cm³/mol. The molecular formula is C11H11Cl2NO4S. The van der Waals surface area contributed by atoms with Gasteiger partial charge in [0.2, 0.25) is 0 Å². The molecule has 1 aromatic rings. The zero-order valence-electron chi connectivity index (χ0n) is 9.62. The van der Waals surface area contributed by atoms with Gasteiger partial charge in [-0.3, -0.25) is 9.11 Å². The van der Waals surface area contributed by atoms with Crippen molar-refractivity contribution in [3.63, 3.8) is 0 Å². The summed E-state index contributed by atoms with van der Waals surface area (Å²) < 4.78 is 11.5. The first-order chi connectivity index (χ1) is 8.90. The van der Waals surface area contributed by atoms with E-state index in [0.717, 1.165) is 4.90 Å². The molecule has 5 nitrogen and oxygen atoms in total. The van der Waals surface area contributed by atoms with E-state index in [1.165, 1.54) is 12.1 Å². The van der Waals surface area contributed by atoms with Crippen LogP contribution in [-0.4, -0.2) is 43.1 Å². The summed E-state index contributed by atoms with van der Waals surface area (Å²) in [6.07, 6.45) is -2.28. The number of aliphatic hydroxyl groups excluding tert-OH is 1. The van der Waals surface area contributed by atoms with Gasteiger partial charge in [0.05, 0.1) is 16.1 Å². The molecule has 2 N–H and O–H groups in total. The van der Waals surface area contributed by atoms with Crippen LogP contribution in [0.2, 0.25) is 10.0 Å². The van der Waals surface area contributed by atoms with E-state index >= 15 is 0 Å². The number of benzene rings is 1. The van der Waals surface area contributed by atoms with Crippen LogP contribution in [0.1, 0.15) is 11.7 Å². The maximum absolute atomic E-state index is 11.5. The molecule has 19 heavy (non-hydrogen) atoms. The van der Waals surface area contributed by atoms with Crippen LogP contribution in [0.3, 0.4) is 0 Å². The second kappa shape index (κ2) is 5.66. The van der Waals surface area contributed by atoms with Crippen molar-refractivity contribution in [1.29, 1.82) is 0 Å². The molecule has 1 saturated heterocycles. The van der Waals surface area contributed by atoms with Gasteiger partial charge in [-0.25, -0.2) is 4.79 Å². The van der Waals surface area contributed by atoms with Crippen molar-refractivity contribution in [2.24, 2.45) is 0 Å². The molecule has 0 radical (unpaired) electrons. The monoisotopic (exact) mass is 323 g/mol. The highest BCUT2D eigenvalue weighted by molar-refractivity contribution is 7.85. The van der Waals surface area contributed by atoms with E-state index < -0.39 is 29.0 Å². The van der Waals surface area contributed by atoms with Gasteiger partial charge in [0.1, 0.15) is 12.0 Å². The first kappa shape index (κ1) is 14.6. The standard InChI is InChI=1S/C11H11Cl2NO4S/c12-7-2-1-6(3-8(7)13)10(15)9-4-19(18)5-14(9)11(16)17/h1-3,9-10,15H,4-5H2,(H,16,17)/t9-,10-,19?/m0/s1. The van der Waals surface area contributed by atoms with Crippen LogP contribution in [0, 0.1) is 0 Å². The molecule has 3 atom stereocenters. The van der Waals surface area contributed by atoms with E-state index in [-0.39, 0.29) is 16.7 Å². The number of amides is 1. The van der Waals surface area contributed by atoms with Crippen molar-refractivity contribution >= 4 is 40.1 Å². The van der Waals surface area contributed by atoms with Crippen LogP contribution in [0.5, 0.6) is 0 Å². The molecule has 1 aromatic carbocycles. The minimum absolute atomic E-state index is 0.0849. The minimum atomic E-state index is -1.28. The number of halogens is 2. The van der Waals surface area contributed by atoms with Crippen LogP contribution >= 0.6 is 23.2 Å². The normalized spacial score (nSPS) is 24.5. The topological polar surface area (TPSA) is 77.8 Å². The van der Waals surface area contributed by atoms with Crippen molar-refractivity contribution in [2.75, 3.05) is 11.6 Å². The Morgan fingerprint density at radius 3 is 2.68 bits per heavy atom. The largest absolute Gasteiger partial charge is 0.465 e. The fraction of sp³-hybridized carbons (Fsp3) is 0.364. The zero-order valence-corrected chi connectivity index (χ0v) is 12.0. The first-order valence-corrected chi connectivity index (χ1v) is 7.62. The summed E-state index contributed by atoms with van der Waals surface area (Å²) in [5, 5.41) is 19.9. The summed E-state index contributed by atoms with van der Waals surface area (Å²) in [5.41, 5.74) is 0.449. The van der Waals surface area contributed by atoms with Gasteiger partial charge in [-0.15, -0.1) is 0 Å². The molecule has 1 aliphatic rings. The summed E-state index contributed by atoms with van der Waals surface area (Å²) in [4.78, 5) is 12.0. The van der Waals surface area contributed by atoms with Gasteiger partial charge >= 0.3 is 6.09 Å². The van der Waals surface area contributed by atoms with E-state index in [1.54, 1.807) is 6.07 Å². The van der Waals surface area contributed by atoms with Gasteiger partial charge in [-0.05, 0) is 17.7 Å². The van der Waals surface area contributed by atoms with Gasteiger partial charge in [-0.1, -0.05) is 29.3 Å². The summed E-state index contributed by atoms with van der Waals surface area (Å²) in [6.45, 7) is 0. The van der Waals surface area contributed by atoms with Gasteiger partial charge in [0.25, 0.3) is 0 Å². The fourth-order valence-electron chi connectivity index (χ4n) is 1.96. The highest BCUT2D eigenvalue weighted by atomic mass is 35.5. The smallest absolute Gasteiger partial charge is 0.408 e. The van der Waals surface area contributed by atoms with Crippen LogP contribution in [0.25, 0.3) is 0 Å². The van der Waals surface area contributed by atoms with E-state index in [0.29, 0.717) is 10.6 Å². The Morgan fingerprint density at radius 2 is 2.11 bits per heavy atom. The number of carbonyl (C=O) groups is 1. The van der Waals surface area contributed by atoms with Gasteiger partial charge in [0.15, 0.2) is 0 Å². The quantitative estimate of drug-likeness (QED) is 0.873. The number of carboxylic acid groups (broad SMARTS) is 1. The van der Waals surface area contributed by atoms with Gasteiger partial charge in [-0.2, -0.15) is 0 Å². The lowest BCUT2D eigenvalue weighted by Gasteiger charge is -2.25. The Hall–Kier alpha value is -0.820. The number of hydrogen-bond acceptors (Lipinski definition) is 3. The number of rotatable bonds is 2. The maximum atomic E-state index is 11.5. The second-order valence-corrected chi connectivity index (χ2v) is 6.46. The molecular weight excluding hydrogens is 313 g/mol. The van der Waals surface area contributed by atoms with Crippen LogP contribution in [-0.2, 0) is 10.8 Å². The molecule has 0 aromatic heterocycles. The van der Waals surface area contributed by atoms with E-state index in [1.807, 2.05) is 0 Å². The summed E-state index contributed by atoms with van der Waals surface area (Å²) in [6, 6.07) is 3.84. The Balaban J connectivity index is 2.27. The SMILES string of the molecule is O=C(O)N1CS(=O)C[C@H]1[C@@H](O)c1ccc(Cl)c(Cl)c1. The molecule has 0 aliphatic carbocycles. The van der Waals surface area contributed by atoms with Gasteiger partial charge < -0.3 is 10.2 Å². The number of nitrogens with zero attached hydrogens (tertiary/aromatic N) is 1. The van der Waals surface area contributed by atoms with E-state index in [9.17, 15) is 14.1 Å². The number of aliphatic hydroxyl groups is 1. The lowest BCUT2D eigenvalue weighted by molar-refractivity contribution is 0.0721. The third-order valence-electron chi connectivity index (χ3n) is 2.94. The molecule has 2 rings (SSSR count). The van der Waals surface area contributed by atoms with Crippen molar-refractivity contribution in [1.82, 2.24) is 4.90 Å². The molecule has 1 amide bonds. The van der Waals surface area contributed by atoms with Crippen molar-refractivity contribution in [3.05, 3.63) is 33.8 Å². The van der Waals surface area contributed by atoms with Crippen LogP contribution in [0.4, 0.5) is 4.79 Å². The third-order valence-corrected chi connectivity index (χ3v) is 4.95. The number of hydrogen-bond donors (Lipinski definition) is 2. The summed E-state index contributed by atoms with van der Waals surface area (Å²) in [5.74, 6) is 0.0199. The van der Waals surface area contributed by atoms with Crippen molar-refractivity contribution in [3.8, 4) is 0 Å². The maximum Gasteiger partial charge on any atom is 0.408 e. The molecule has 0 bridgehead atoms. The van der Waals surface area contributed by atoms with E-state index in [4.69, 9.17) is 28.3 Å². The fourth-order valence-corrected chi connectivity index (χ4v) is 3.73. The molecule has 0 saturated carbocycles. The molecule has 0 spiro atoms. The minimum Gasteiger partial charge on any atom is -0.465 e. The Labute approximate surface area is 122 Å². The summed E-state index contributed by atoms with van der Waals surface area (Å²) >= 11 is 11.6.